The topological polar surface area (TPSA) is 197 Å². The Labute approximate surface area is 124 Å². The molecule has 1 aliphatic heterocycles. The fourth-order valence-electron chi connectivity index (χ4n) is 2.13. The van der Waals surface area contributed by atoms with Crippen LogP contribution < -0.4 is 5.32 Å². The maximum Gasteiger partial charge on any atom is 0.364 e. The highest BCUT2D eigenvalue weighted by atomic mass is 16.7. The van der Waals surface area contributed by atoms with Gasteiger partial charge in [-0.25, -0.2) is 4.79 Å². The highest BCUT2D eigenvalue weighted by Crippen LogP contribution is 2.30. The summed E-state index contributed by atoms with van der Waals surface area (Å²) in [5.41, 5.74) is 0. The van der Waals surface area contributed by atoms with Crippen molar-refractivity contribution in [2.45, 2.75) is 42.7 Å². The van der Waals surface area contributed by atoms with E-state index in [0.717, 1.165) is 0 Å². The molecule has 0 aromatic rings. The number of hydrogen-bond acceptors (Lipinski definition) is 9. The molecule has 11 heteroatoms. The van der Waals surface area contributed by atoms with Crippen LogP contribution in [0.25, 0.3) is 0 Å². The number of aliphatic hydroxyl groups excluding tert-OH is 5. The van der Waals surface area contributed by atoms with Gasteiger partial charge in [-0.2, -0.15) is 0 Å². The SMILES string of the molecule is O=C(CO)N[C@H]1[C@H]([C@H](O)[C@H](O)CO)O[C@](O)(C(=O)O)C[C@H]1O. The summed E-state index contributed by atoms with van der Waals surface area (Å²) in [7, 11) is 0. The maximum atomic E-state index is 11.2. The average Bonchev–Trinajstić information content (AvgIpc) is 2.47. The summed E-state index contributed by atoms with van der Waals surface area (Å²) in [5, 5.41) is 67.5. The van der Waals surface area contributed by atoms with Crippen LogP contribution in [0.4, 0.5) is 0 Å². The summed E-state index contributed by atoms with van der Waals surface area (Å²) in [6.07, 6.45) is -7.92. The summed E-state index contributed by atoms with van der Waals surface area (Å²) < 4.78 is 4.83. The van der Waals surface area contributed by atoms with E-state index in [4.69, 9.17) is 20.1 Å². The van der Waals surface area contributed by atoms with Gasteiger partial charge in [-0.3, -0.25) is 4.79 Å². The van der Waals surface area contributed by atoms with Crippen molar-refractivity contribution in [3.05, 3.63) is 0 Å². The third kappa shape index (κ3) is 3.89. The van der Waals surface area contributed by atoms with E-state index < -0.39 is 67.8 Å². The van der Waals surface area contributed by atoms with Crippen LogP contribution in [-0.4, -0.2) is 97.1 Å². The minimum atomic E-state index is -2.85. The van der Waals surface area contributed by atoms with Crippen LogP contribution in [0.5, 0.6) is 0 Å². The fraction of sp³-hybridized carbons (Fsp3) is 0.818. The Balaban J connectivity index is 3.07. The first kappa shape index (κ1) is 18.7. The van der Waals surface area contributed by atoms with Crippen molar-refractivity contribution in [1.82, 2.24) is 5.32 Å². The molecule has 1 fully saturated rings. The molecule has 0 spiro atoms. The van der Waals surface area contributed by atoms with Crippen molar-refractivity contribution in [2.75, 3.05) is 13.2 Å². The van der Waals surface area contributed by atoms with Crippen molar-refractivity contribution >= 4 is 11.9 Å². The first-order valence-electron chi connectivity index (χ1n) is 6.35. The lowest BCUT2D eigenvalue weighted by molar-refractivity contribution is -0.295. The van der Waals surface area contributed by atoms with Gasteiger partial charge in [0.2, 0.25) is 5.91 Å². The Bertz CT molecular complexity index is 418. The molecule has 1 amide bonds. The molecular weight excluding hydrogens is 306 g/mol. The van der Waals surface area contributed by atoms with Crippen molar-refractivity contribution in [2.24, 2.45) is 0 Å². The lowest BCUT2D eigenvalue weighted by Gasteiger charge is -2.44. The maximum absolute atomic E-state index is 11.2. The molecule has 6 atom stereocenters. The molecule has 0 aliphatic carbocycles. The van der Waals surface area contributed by atoms with Crippen LogP contribution in [-0.2, 0) is 14.3 Å². The van der Waals surface area contributed by atoms with Crippen molar-refractivity contribution in [1.29, 1.82) is 0 Å². The van der Waals surface area contributed by atoms with E-state index in [9.17, 15) is 30.0 Å². The van der Waals surface area contributed by atoms with Crippen molar-refractivity contribution in [3.63, 3.8) is 0 Å². The summed E-state index contributed by atoms with van der Waals surface area (Å²) >= 11 is 0. The van der Waals surface area contributed by atoms with Crippen LogP contribution in [0.2, 0.25) is 0 Å². The smallest absolute Gasteiger partial charge is 0.364 e. The fourth-order valence-corrected chi connectivity index (χ4v) is 2.13. The molecule has 8 N–H and O–H groups in total. The van der Waals surface area contributed by atoms with Gasteiger partial charge < -0.3 is 45.8 Å². The van der Waals surface area contributed by atoms with Gasteiger partial charge >= 0.3 is 5.97 Å². The number of carboxylic acid groups (broad SMARTS) is 1. The number of nitrogens with one attached hydrogen (secondary N) is 1. The third-order valence-corrected chi connectivity index (χ3v) is 3.31. The molecule has 0 radical (unpaired) electrons. The van der Waals surface area contributed by atoms with Gasteiger partial charge in [0.1, 0.15) is 24.9 Å². The second-order valence-corrected chi connectivity index (χ2v) is 4.94. The third-order valence-electron chi connectivity index (χ3n) is 3.31. The second kappa shape index (κ2) is 7.28. The standard InChI is InChI=1S/C11H19NO10/c13-2-5(16)8(18)9-7(12-6(17)3-14)4(15)1-11(21,22-9)10(19)20/h4-5,7-9,13-16,18,21H,1-3H2,(H,12,17)(H,19,20)/t4-,5-,7-,8-,9-,11+/m1/s1. The Hall–Kier alpha value is -1.34. The minimum Gasteiger partial charge on any atom is -0.477 e. The molecule has 11 nitrogen and oxygen atoms in total. The van der Waals surface area contributed by atoms with Gasteiger partial charge in [0.15, 0.2) is 0 Å². The zero-order valence-corrected chi connectivity index (χ0v) is 11.4. The van der Waals surface area contributed by atoms with Crippen LogP contribution in [0.15, 0.2) is 0 Å². The number of carboxylic acids is 1. The van der Waals surface area contributed by atoms with Crippen LogP contribution >= 0.6 is 0 Å². The minimum absolute atomic E-state index is 0.822. The summed E-state index contributed by atoms with van der Waals surface area (Å²) in [5.74, 6) is -5.64. The largest absolute Gasteiger partial charge is 0.477 e. The number of amides is 1. The molecule has 0 saturated carbocycles. The van der Waals surface area contributed by atoms with Crippen LogP contribution in [0, 0.1) is 0 Å². The quantitative estimate of drug-likeness (QED) is 0.234. The highest BCUT2D eigenvalue weighted by Gasteiger charge is 2.53. The molecule has 1 saturated heterocycles. The molecule has 1 heterocycles. The first-order valence-corrected chi connectivity index (χ1v) is 6.35. The van der Waals surface area contributed by atoms with Crippen molar-refractivity contribution < 1.29 is 50.1 Å². The molecule has 1 rings (SSSR count). The van der Waals surface area contributed by atoms with Gasteiger partial charge in [0.05, 0.1) is 18.8 Å². The number of carbonyl (C=O) groups excluding carboxylic acids is 1. The van der Waals surface area contributed by atoms with E-state index in [1.54, 1.807) is 0 Å². The normalized spacial score (nSPS) is 34.7. The monoisotopic (exact) mass is 325 g/mol. The highest BCUT2D eigenvalue weighted by molar-refractivity contribution is 5.78. The van der Waals surface area contributed by atoms with E-state index >= 15 is 0 Å². The second-order valence-electron chi connectivity index (χ2n) is 4.94. The number of rotatable bonds is 6. The lowest BCUT2D eigenvalue weighted by Crippen LogP contribution is -2.67. The Morgan fingerprint density at radius 1 is 1.32 bits per heavy atom. The number of carbonyl (C=O) groups is 2. The molecular formula is C11H19NO10. The lowest BCUT2D eigenvalue weighted by atomic mass is 9.88. The van der Waals surface area contributed by atoms with Gasteiger partial charge in [0, 0.05) is 6.42 Å². The van der Waals surface area contributed by atoms with Crippen molar-refractivity contribution in [3.8, 4) is 0 Å². The Morgan fingerprint density at radius 2 is 1.91 bits per heavy atom. The molecule has 0 aromatic carbocycles. The Kier molecular flexibility index (Phi) is 6.19. The van der Waals surface area contributed by atoms with Gasteiger partial charge in [0.25, 0.3) is 5.79 Å². The zero-order valence-electron chi connectivity index (χ0n) is 11.4. The molecule has 0 bridgehead atoms. The van der Waals surface area contributed by atoms with Gasteiger partial charge in [-0.05, 0) is 0 Å². The predicted molar refractivity (Wildman–Crippen MR) is 66.2 cm³/mol. The average molecular weight is 325 g/mol. The summed E-state index contributed by atoms with van der Waals surface area (Å²) in [6, 6.07) is -1.42. The summed E-state index contributed by atoms with van der Waals surface area (Å²) in [4.78, 5) is 22.2. The number of aliphatic hydroxyl groups is 6. The number of aliphatic carboxylic acids is 1. The zero-order chi connectivity index (χ0) is 17.1. The number of ether oxygens (including phenoxy) is 1. The van der Waals surface area contributed by atoms with Crippen LogP contribution in [0.1, 0.15) is 6.42 Å². The van der Waals surface area contributed by atoms with E-state index in [1.807, 2.05) is 0 Å². The molecule has 0 unspecified atom stereocenters. The predicted octanol–water partition coefficient (Wildman–Crippen LogP) is -4.90. The molecule has 128 valence electrons. The van der Waals surface area contributed by atoms with Crippen LogP contribution in [0.3, 0.4) is 0 Å². The molecule has 1 aliphatic rings. The number of hydrogen-bond donors (Lipinski definition) is 8. The van der Waals surface area contributed by atoms with E-state index in [2.05, 4.69) is 5.32 Å². The first-order chi connectivity index (χ1) is 10.2. The Morgan fingerprint density at radius 3 is 2.36 bits per heavy atom. The van der Waals surface area contributed by atoms with E-state index in [0.29, 0.717) is 0 Å². The molecule has 0 aromatic heterocycles. The van der Waals surface area contributed by atoms with Gasteiger partial charge in [-0.1, -0.05) is 0 Å². The van der Waals surface area contributed by atoms with E-state index in [-0.39, 0.29) is 0 Å². The summed E-state index contributed by atoms with van der Waals surface area (Å²) in [6.45, 7) is -1.86. The molecule has 22 heavy (non-hydrogen) atoms. The van der Waals surface area contributed by atoms with Gasteiger partial charge in [-0.15, -0.1) is 0 Å². The van der Waals surface area contributed by atoms with E-state index in [1.165, 1.54) is 0 Å².